The Morgan fingerprint density at radius 3 is 2.48 bits per heavy atom. The molecule has 3 rings (SSSR count). The minimum Gasteiger partial charge on any atom is -0.396 e. The molecule has 0 bridgehead atoms. The van der Waals surface area contributed by atoms with Gasteiger partial charge in [0.05, 0.1) is 11.9 Å². The normalized spacial score (nSPS) is 18.2. The Hall–Kier alpha value is -1.65. The number of nitrogens with zero attached hydrogens (tertiary/aromatic N) is 3. The van der Waals surface area contributed by atoms with Crippen molar-refractivity contribution in [3.63, 3.8) is 0 Å². The molecule has 1 fully saturated rings. The van der Waals surface area contributed by atoms with Gasteiger partial charge in [0.1, 0.15) is 5.82 Å². The topological polar surface area (TPSA) is 41.3 Å². The molecule has 1 aromatic carbocycles. The van der Waals surface area contributed by atoms with Crippen LogP contribution in [0.25, 0.3) is 5.69 Å². The van der Waals surface area contributed by atoms with E-state index in [1.165, 1.54) is 11.4 Å². The van der Waals surface area contributed by atoms with E-state index in [4.69, 9.17) is 0 Å². The fraction of sp³-hybridized carbons (Fsp3) is 0.526. The first kappa shape index (κ1) is 16.2. The molecule has 1 aromatic heterocycles. The van der Waals surface area contributed by atoms with E-state index in [-0.39, 0.29) is 5.41 Å². The van der Waals surface area contributed by atoms with Crippen LogP contribution in [0.1, 0.15) is 37.7 Å². The van der Waals surface area contributed by atoms with Gasteiger partial charge >= 0.3 is 0 Å². The van der Waals surface area contributed by atoms with Gasteiger partial charge in [0.25, 0.3) is 0 Å². The van der Waals surface area contributed by atoms with Crippen LogP contribution in [0.4, 0.5) is 0 Å². The molecular weight excluding hydrogens is 286 g/mol. The molecule has 0 radical (unpaired) electrons. The van der Waals surface area contributed by atoms with Crippen LogP contribution in [0, 0.1) is 12.3 Å². The number of benzene rings is 1. The van der Waals surface area contributed by atoms with Crippen LogP contribution in [0.2, 0.25) is 0 Å². The molecule has 23 heavy (non-hydrogen) atoms. The number of aromatic nitrogens is 2. The highest BCUT2D eigenvalue weighted by Gasteiger charge is 2.32. The molecule has 0 spiro atoms. The summed E-state index contributed by atoms with van der Waals surface area (Å²) >= 11 is 0. The smallest absolute Gasteiger partial charge is 0.110 e. The van der Waals surface area contributed by atoms with Gasteiger partial charge in [-0.2, -0.15) is 0 Å². The summed E-state index contributed by atoms with van der Waals surface area (Å²) in [6, 6.07) is 10.4. The van der Waals surface area contributed by atoms with E-state index in [2.05, 4.69) is 52.6 Å². The molecule has 2 heterocycles. The van der Waals surface area contributed by atoms with E-state index in [9.17, 15) is 5.11 Å². The molecule has 124 valence electrons. The number of hydrogen-bond acceptors (Lipinski definition) is 3. The first-order valence-corrected chi connectivity index (χ1v) is 8.59. The molecule has 0 amide bonds. The summed E-state index contributed by atoms with van der Waals surface area (Å²) in [6.07, 6.45) is 5.23. The van der Waals surface area contributed by atoms with E-state index in [1.54, 1.807) is 0 Å². The van der Waals surface area contributed by atoms with E-state index in [1.807, 2.05) is 12.3 Å². The monoisotopic (exact) mass is 313 g/mol. The van der Waals surface area contributed by atoms with Crippen molar-refractivity contribution in [2.75, 3.05) is 19.7 Å². The van der Waals surface area contributed by atoms with Crippen LogP contribution in [0.3, 0.4) is 0 Å². The molecule has 1 aliphatic rings. The highest BCUT2D eigenvalue weighted by molar-refractivity contribution is 5.35. The molecule has 1 aliphatic heterocycles. The summed E-state index contributed by atoms with van der Waals surface area (Å²) in [5.74, 6) is 1.03. The van der Waals surface area contributed by atoms with Crippen LogP contribution in [-0.4, -0.2) is 39.3 Å². The van der Waals surface area contributed by atoms with Gasteiger partial charge < -0.3 is 5.11 Å². The number of piperidine rings is 1. The van der Waals surface area contributed by atoms with Crippen molar-refractivity contribution in [3.8, 4) is 5.69 Å². The lowest BCUT2D eigenvalue weighted by atomic mass is 9.77. The number of imidazole rings is 1. The average Bonchev–Trinajstić information content (AvgIpc) is 2.97. The summed E-state index contributed by atoms with van der Waals surface area (Å²) in [5.41, 5.74) is 2.56. The van der Waals surface area contributed by atoms with Gasteiger partial charge in [-0.15, -0.1) is 0 Å². The molecule has 2 aromatic rings. The van der Waals surface area contributed by atoms with Gasteiger partial charge in [-0.3, -0.25) is 9.47 Å². The lowest BCUT2D eigenvalue weighted by Crippen LogP contribution is -2.41. The van der Waals surface area contributed by atoms with Gasteiger partial charge in [0, 0.05) is 18.8 Å². The van der Waals surface area contributed by atoms with E-state index in [0.29, 0.717) is 6.61 Å². The predicted molar refractivity (Wildman–Crippen MR) is 92.6 cm³/mol. The standard InChI is InChI=1S/C19H27N3O/c1-3-19(15-23)9-11-21(12-10-19)14-18-13-20-16(2)22(18)17-7-5-4-6-8-17/h4-8,13,23H,3,9-12,14-15H2,1-2H3. The second-order valence-corrected chi connectivity index (χ2v) is 6.76. The fourth-order valence-electron chi connectivity index (χ4n) is 3.57. The highest BCUT2D eigenvalue weighted by atomic mass is 16.3. The third-order valence-electron chi connectivity index (χ3n) is 5.41. The SMILES string of the molecule is CCC1(CO)CCN(Cc2cnc(C)n2-c2ccccc2)CC1. The third kappa shape index (κ3) is 3.33. The summed E-state index contributed by atoms with van der Waals surface area (Å²) in [4.78, 5) is 7.00. The number of aliphatic hydroxyl groups is 1. The predicted octanol–water partition coefficient (Wildman–Crippen LogP) is 3.17. The second-order valence-electron chi connectivity index (χ2n) is 6.76. The minimum absolute atomic E-state index is 0.145. The minimum atomic E-state index is 0.145. The van der Waals surface area contributed by atoms with Crippen LogP contribution in [0.5, 0.6) is 0 Å². The fourth-order valence-corrected chi connectivity index (χ4v) is 3.57. The van der Waals surface area contributed by atoms with Crippen LogP contribution in [0.15, 0.2) is 36.5 Å². The van der Waals surface area contributed by atoms with E-state index in [0.717, 1.165) is 44.7 Å². The zero-order chi connectivity index (χ0) is 16.3. The van der Waals surface area contributed by atoms with Crippen molar-refractivity contribution in [3.05, 3.63) is 48.0 Å². The summed E-state index contributed by atoms with van der Waals surface area (Å²) in [5, 5.41) is 9.68. The van der Waals surface area contributed by atoms with Crippen molar-refractivity contribution >= 4 is 0 Å². The Bertz CT molecular complexity index is 621. The Balaban J connectivity index is 1.73. The third-order valence-corrected chi connectivity index (χ3v) is 5.41. The quantitative estimate of drug-likeness (QED) is 0.922. The molecule has 4 nitrogen and oxygen atoms in total. The van der Waals surface area contributed by atoms with E-state index < -0.39 is 0 Å². The largest absolute Gasteiger partial charge is 0.396 e. The van der Waals surface area contributed by atoms with Gasteiger partial charge in [0.2, 0.25) is 0 Å². The number of likely N-dealkylation sites (tertiary alicyclic amines) is 1. The van der Waals surface area contributed by atoms with Gasteiger partial charge in [-0.25, -0.2) is 4.98 Å². The summed E-state index contributed by atoms with van der Waals surface area (Å²) in [6.45, 7) is 7.58. The van der Waals surface area contributed by atoms with Crippen LogP contribution in [-0.2, 0) is 6.54 Å². The number of para-hydroxylation sites is 1. The lowest BCUT2D eigenvalue weighted by molar-refractivity contribution is 0.0377. The highest BCUT2D eigenvalue weighted by Crippen LogP contribution is 2.34. The zero-order valence-electron chi connectivity index (χ0n) is 14.2. The average molecular weight is 313 g/mol. The molecule has 0 saturated carbocycles. The molecule has 0 aliphatic carbocycles. The van der Waals surface area contributed by atoms with Crippen LogP contribution < -0.4 is 0 Å². The van der Waals surface area contributed by atoms with E-state index >= 15 is 0 Å². The molecule has 4 heteroatoms. The first-order chi connectivity index (χ1) is 11.2. The van der Waals surface area contributed by atoms with Crippen molar-refractivity contribution in [2.24, 2.45) is 5.41 Å². The first-order valence-electron chi connectivity index (χ1n) is 8.59. The maximum atomic E-state index is 9.68. The molecule has 1 saturated heterocycles. The zero-order valence-corrected chi connectivity index (χ0v) is 14.2. The molecular formula is C19H27N3O. The van der Waals surface area contributed by atoms with Crippen molar-refractivity contribution < 1.29 is 5.11 Å². The number of hydrogen-bond donors (Lipinski definition) is 1. The Labute approximate surface area is 138 Å². The van der Waals surface area contributed by atoms with Crippen molar-refractivity contribution in [1.29, 1.82) is 0 Å². The molecule has 1 N–H and O–H groups in total. The lowest BCUT2D eigenvalue weighted by Gasteiger charge is -2.40. The van der Waals surface area contributed by atoms with Gasteiger partial charge in [-0.1, -0.05) is 25.1 Å². The maximum absolute atomic E-state index is 9.68. The molecule has 0 atom stereocenters. The Kier molecular flexibility index (Phi) is 4.83. The summed E-state index contributed by atoms with van der Waals surface area (Å²) in [7, 11) is 0. The maximum Gasteiger partial charge on any atom is 0.110 e. The Morgan fingerprint density at radius 2 is 1.87 bits per heavy atom. The Morgan fingerprint density at radius 1 is 1.17 bits per heavy atom. The van der Waals surface area contributed by atoms with Crippen LogP contribution >= 0.6 is 0 Å². The number of aliphatic hydroxyl groups excluding tert-OH is 1. The summed E-state index contributed by atoms with van der Waals surface area (Å²) < 4.78 is 2.24. The number of rotatable bonds is 5. The van der Waals surface area contributed by atoms with Crippen molar-refractivity contribution in [1.82, 2.24) is 14.5 Å². The van der Waals surface area contributed by atoms with Gasteiger partial charge in [-0.05, 0) is 56.8 Å². The molecule has 0 unspecified atom stereocenters. The number of aryl methyl sites for hydroxylation is 1. The van der Waals surface area contributed by atoms with Gasteiger partial charge in [0.15, 0.2) is 0 Å². The second kappa shape index (κ2) is 6.85. The van der Waals surface area contributed by atoms with Crippen molar-refractivity contribution in [2.45, 2.75) is 39.7 Å².